The Morgan fingerprint density at radius 2 is 1.19 bits per heavy atom. The minimum atomic E-state index is 0.697. The highest BCUT2D eigenvalue weighted by molar-refractivity contribution is 9.11. The van der Waals surface area contributed by atoms with E-state index in [-0.39, 0.29) is 0 Å². The Hall–Kier alpha value is -0.300. The van der Waals surface area contributed by atoms with Gasteiger partial charge in [0.1, 0.15) is 0 Å². The van der Waals surface area contributed by atoms with Gasteiger partial charge in [0, 0.05) is 17.9 Å². The number of nitrogen functional groups attached to an aromatic ring is 2. The zero-order valence-electron chi connectivity index (χ0n) is 11.1. The van der Waals surface area contributed by atoms with E-state index in [1.165, 1.54) is 0 Å². The number of benzene rings is 2. The van der Waals surface area contributed by atoms with Crippen LogP contribution in [0.3, 0.4) is 0 Å². The highest BCUT2D eigenvalue weighted by atomic mass is 79.9. The predicted octanol–water partition coefficient (Wildman–Crippen LogP) is 6.46. The highest BCUT2D eigenvalue weighted by Crippen LogP contribution is 2.34. The van der Waals surface area contributed by atoms with Gasteiger partial charge in [-0.15, -0.1) is 0 Å². The molecule has 0 aliphatic carbocycles. The van der Waals surface area contributed by atoms with Crippen LogP contribution in [-0.2, 0) is 0 Å². The number of rotatable bonds is 2. The van der Waals surface area contributed by atoms with Crippen molar-refractivity contribution in [1.29, 1.82) is 0 Å². The minimum absolute atomic E-state index is 0.697. The van der Waals surface area contributed by atoms with E-state index < -0.39 is 0 Å². The third kappa shape index (κ3) is 3.92. The molecule has 0 saturated heterocycles. The van der Waals surface area contributed by atoms with Gasteiger partial charge in [-0.1, -0.05) is 6.08 Å². The Bertz CT molecular complexity index is 692. The van der Waals surface area contributed by atoms with E-state index >= 15 is 0 Å². The maximum absolute atomic E-state index is 5.92. The molecule has 0 unspecified atom stereocenters. The van der Waals surface area contributed by atoms with Gasteiger partial charge in [-0.25, -0.2) is 0 Å². The summed E-state index contributed by atoms with van der Waals surface area (Å²) in [5.74, 6) is 0. The van der Waals surface area contributed by atoms with Gasteiger partial charge in [0.2, 0.25) is 0 Å². The lowest BCUT2D eigenvalue weighted by Gasteiger charge is -2.09. The van der Waals surface area contributed by atoms with Crippen molar-refractivity contribution in [2.45, 2.75) is 6.92 Å². The van der Waals surface area contributed by atoms with Gasteiger partial charge in [0.25, 0.3) is 0 Å². The number of halogens is 4. The molecule has 0 radical (unpaired) electrons. The molecule has 2 nitrogen and oxygen atoms in total. The van der Waals surface area contributed by atoms with E-state index in [4.69, 9.17) is 11.5 Å². The second-order valence-corrected chi connectivity index (χ2v) is 8.00. The lowest BCUT2D eigenvalue weighted by molar-refractivity contribution is 1.50. The van der Waals surface area contributed by atoms with Crippen molar-refractivity contribution in [2.24, 2.45) is 0 Å². The molecule has 2 rings (SSSR count). The number of allylic oxidation sites excluding steroid dienone is 1. The maximum atomic E-state index is 5.92. The van der Waals surface area contributed by atoms with E-state index in [2.05, 4.69) is 76.7 Å². The first kappa shape index (κ1) is 17.1. The summed E-state index contributed by atoms with van der Waals surface area (Å²) in [6.07, 6.45) is 2.10. The summed E-state index contributed by atoms with van der Waals surface area (Å²) in [4.78, 5) is 0. The zero-order chi connectivity index (χ0) is 15.7. The second kappa shape index (κ2) is 6.86. The third-order valence-corrected chi connectivity index (χ3v) is 5.64. The van der Waals surface area contributed by atoms with Crippen molar-refractivity contribution < 1.29 is 0 Å². The summed E-state index contributed by atoms with van der Waals surface area (Å²) < 4.78 is 3.49. The summed E-state index contributed by atoms with van der Waals surface area (Å²) >= 11 is 13.9. The molecule has 0 fully saturated rings. The molecule has 0 atom stereocenters. The van der Waals surface area contributed by atoms with Gasteiger partial charge < -0.3 is 11.5 Å². The molecule has 2 aromatic rings. The molecule has 0 bridgehead atoms. The van der Waals surface area contributed by atoms with Crippen LogP contribution >= 0.6 is 63.7 Å². The van der Waals surface area contributed by atoms with E-state index in [1.54, 1.807) is 0 Å². The van der Waals surface area contributed by atoms with Crippen LogP contribution in [0.1, 0.15) is 18.1 Å². The van der Waals surface area contributed by atoms with Crippen molar-refractivity contribution >= 4 is 86.7 Å². The number of anilines is 2. The van der Waals surface area contributed by atoms with Gasteiger partial charge in [-0.2, -0.15) is 0 Å². The standard InChI is InChI=1S/C15H12Br4N2/c1-7(9-5-12(18)15(21)13(19)6-9)2-8-3-10(16)14(20)11(17)4-8/h2-6H,20-21H2,1H3. The molecule has 0 aliphatic rings. The fraction of sp³-hybridized carbons (Fsp3) is 0.0667. The van der Waals surface area contributed by atoms with Crippen LogP contribution in [-0.4, -0.2) is 0 Å². The lowest BCUT2D eigenvalue weighted by atomic mass is 10.0. The van der Waals surface area contributed by atoms with Crippen molar-refractivity contribution in [3.05, 3.63) is 53.3 Å². The van der Waals surface area contributed by atoms with Crippen LogP contribution in [0.15, 0.2) is 42.2 Å². The van der Waals surface area contributed by atoms with E-state index in [0.29, 0.717) is 11.4 Å². The van der Waals surface area contributed by atoms with Crippen LogP contribution in [0.4, 0.5) is 11.4 Å². The average molecular weight is 540 g/mol. The normalized spacial score (nSPS) is 11.8. The summed E-state index contributed by atoms with van der Waals surface area (Å²) in [5.41, 5.74) is 16.5. The van der Waals surface area contributed by atoms with Crippen LogP contribution in [0.25, 0.3) is 11.6 Å². The van der Waals surface area contributed by atoms with Crippen molar-refractivity contribution in [2.75, 3.05) is 11.5 Å². The van der Waals surface area contributed by atoms with Crippen LogP contribution in [0, 0.1) is 0 Å². The number of hydrogen-bond donors (Lipinski definition) is 2. The molecule has 110 valence electrons. The first-order chi connectivity index (χ1) is 9.79. The van der Waals surface area contributed by atoms with Crippen LogP contribution in [0.5, 0.6) is 0 Å². The SMILES string of the molecule is CC(=Cc1cc(Br)c(N)c(Br)c1)c1cc(Br)c(N)c(Br)c1. The third-order valence-electron chi connectivity index (χ3n) is 3.02. The van der Waals surface area contributed by atoms with Gasteiger partial charge >= 0.3 is 0 Å². The molecule has 0 aliphatic heterocycles. The number of hydrogen-bond acceptors (Lipinski definition) is 2. The van der Waals surface area contributed by atoms with E-state index in [0.717, 1.165) is 34.6 Å². The lowest BCUT2D eigenvalue weighted by Crippen LogP contribution is -1.91. The molecular formula is C15H12Br4N2. The predicted molar refractivity (Wildman–Crippen MR) is 106 cm³/mol. The highest BCUT2D eigenvalue weighted by Gasteiger charge is 2.07. The monoisotopic (exact) mass is 536 g/mol. The van der Waals surface area contributed by atoms with Gasteiger partial charge in [0.15, 0.2) is 0 Å². The topological polar surface area (TPSA) is 52.0 Å². The zero-order valence-corrected chi connectivity index (χ0v) is 17.4. The first-order valence-electron chi connectivity index (χ1n) is 5.97. The Morgan fingerprint density at radius 3 is 1.62 bits per heavy atom. The summed E-state index contributed by atoms with van der Waals surface area (Å²) in [6.45, 7) is 2.06. The van der Waals surface area contributed by atoms with Crippen molar-refractivity contribution in [1.82, 2.24) is 0 Å². The maximum Gasteiger partial charge on any atom is 0.0603 e. The number of nitrogens with two attached hydrogens (primary N) is 2. The van der Waals surface area contributed by atoms with Gasteiger partial charge in [-0.05, 0) is 112 Å². The molecule has 2 aromatic carbocycles. The van der Waals surface area contributed by atoms with Crippen molar-refractivity contribution in [3.8, 4) is 0 Å². The molecule has 0 saturated carbocycles. The Morgan fingerprint density at radius 1 is 0.810 bits per heavy atom. The Balaban J connectivity index is 2.46. The molecule has 4 N–H and O–H groups in total. The summed E-state index contributed by atoms with van der Waals surface area (Å²) in [6, 6.07) is 8.00. The molecule has 0 spiro atoms. The van der Waals surface area contributed by atoms with Crippen LogP contribution in [0.2, 0.25) is 0 Å². The fourth-order valence-corrected chi connectivity index (χ4v) is 4.24. The molecule has 0 aromatic heterocycles. The molecular weight excluding hydrogens is 528 g/mol. The van der Waals surface area contributed by atoms with Gasteiger partial charge in [0.05, 0.1) is 11.4 Å². The molecule has 21 heavy (non-hydrogen) atoms. The molecule has 0 amide bonds. The smallest absolute Gasteiger partial charge is 0.0603 e. The molecule has 0 heterocycles. The Labute approximate surface area is 157 Å². The minimum Gasteiger partial charge on any atom is -0.397 e. The Kier molecular flexibility index (Phi) is 5.57. The fourth-order valence-electron chi connectivity index (χ4n) is 1.83. The second-order valence-electron chi connectivity index (χ2n) is 4.58. The first-order valence-corrected chi connectivity index (χ1v) is 9.14. The largest absolute Gasteiger partial charge is 0.397 e. The van der Waals surface area contributed by atoms with Crippen LogP contribution < -0.4 is 11.5 Å². The quantitative estimate of drug-likeness (QED) is 0.340. The summed E-state index contributed by atoms with van der Waals surface area (Å²) in [7, 11) is 0. The van der Waals surface area contributed by atoms with E-state index in [9.17, 15) is 0 Å². The van der Waals surface area contributed by atoms with Gasteiger partial charge in [-0.3, -0.25) is 0 Å². The average Bonchev–Trinajstić information content (AvgIpc) is 2.41. The van der Waals surface area contributed by atoms with E-state index in [1.807, 2.05) is 24.3 Å². The van der Waals surface area contributed by atoms with Crippen molar-refractivity contribution in [3.63, 3.8) is 0 Å². The molecule has 6 heteroatoms. The summed E-state index contributed by atoms with van der Waals surface area (Å²) in [5, 5.41) is 0.